The summed E-state index contributed by atoms with van der Waals surface area (Å²) in [7, 11) is 0. The molecule has 0 spiro atoms. The third-order valence-electron chi connectivity index (χ3n) is 2.62. The van der Waals surface area contributed by atoms with Crippen LogP contribution in [0.15, 0.2) is 24.3 Å². The lowest BCUT2D eigenvalue weighted by atomic mass is 9.96. The van der Waals surface area contributed by atoms with Crippen LogP contribution in [-0.2, 0) is 5.41 Å². The number of rotatable bonds is 2. The highest BCUT2D eigenvalue weighted by molar-refractivity contribution is 7.80. The van der Waals surface area contributed by atoms with E-state index < -0.39 is 0 Å². The third-order valence-corrected chi connectivity index (χ3v) is 3.26. The van der Waals surface area contributed by atoms with E-state index >= 15 is 0 Å². The zero-order valence-electron chi connectivity index (χ0n) is 7.09. The SMILES string of the molecule is NC(=S)C1(c2ccc(Cl)cc2)CC1. The van der Waals surface area contributed by atoms with Gasteiger partial charge in [0.05, 0.1) is 4.99 Å². The van der Waals surface area contributed by atoms with Crippen molar-refractivity contribution < 1.29 is 0 Å². The summed E-state index contributed by atoms with van der Waals surface area (Å²) in [5.74, 6) is 0. The van der Waals surface area contributed by atoms with Crippen LogP contribution in [-0.4, -0.2) is 4.99 Å². The second-order valence-electron chi connectivity index (χ2n) is 3.45. The molecule has 0 heterocycles. The second-order valence-corrected chi connectivity index (χ2v) is 4.33. The van der Waals surface area contributed by atoms with Gasteiger partial charge in [-0.3, -0.25) is 0 Å². The van der Waals surface area contributed by atoms with Crippen LogP contribution < -0.4 is 5.73 Å². The number of nitrogens with two attached hydrogens (primary N) is 1. The molecule has 1 nitrogen and oxygen atoms in total. The highest BCUT2D eigenvalue weighted by Crippen LogP contribution is 2.48. The Kier molecular flexibility index (Phi) is 2.05. The van der Waals surface area contributed by atoms with E-state index in [4.69, 9.17) is 29.6 Å². The molecule has 1 aliphatic rings. The number of hydrogen-bond acceptors (Lipinski definition) is 1. The first-order valence-electron chi connectivity index (χ1n) is 4.21. The fourth-order valence-electron chi connectivity index (χ4n) is 1.57. The summed E-state index contributed by atoms with van der Waals surface area (Å²) in [4.78, 5) is 0.606. The van der Waals surface area contributed by atoms with E-state index in [0.717, 1.165) is 17.9 Å². The molecular formula is C10H10ClNS. The Morgan fingerprint density at radius 2 is 1.85 bits per heavy atom. The Balaban J connectivity index is 2.36. The van der Waals surface area contributed by atoms with Crippen molar-refractivity contribution in [3.05, 3.63) is 34.9 Å². The topological polar surface area (TPSA) is 26.0 Å². The zero-order valence-corrected chi connectivity index (χ0v) is 8.66. The van der Waals surface area contributed by atoms with Gasteiger partial charge in [0.2, 0.25) is 0 Å². The molecule has 0 aromatic heterocycles. The maximum atomic E-state index is 5.80. The van der Waals surface area contributed by atoms with Crippen molar-refractivity contribution in [2.75, 3.05) is 0 Å². The Bertz CT molecular complexity index is 340. The minimum Gasteiger partial charge on any atom is -0.393 e. The molecule has 1 aromatic carbocycles. The first kappa shape index (κ1) is 8.97. The number of hydrogen-bond donors (Lipinski definition) is 1. The van der Waals surface area contributed by atoms with Gasteiger partial charge in [0.25, 0.3) is 0 Å². The van der Waals surface area contributed by atoms with Crippen molar-refractivity contribution in [1.82, 2.24) is 0 Å². The molecular weight excluding hydrogens is 202 g/mol. The van der Waals surface area contributed by atoms with Crippen LogP contribution >= 0.6 is 23.8 Å². The summed E-state index contributed by atoms with van der Waals surface area (Å²) in [6, 6.07) is 7.79. The van der Waals surface area contributed by atoms with Crippen molar-refractivity contribution in [2.45, 2.75) is 18.3 Å². The predicted octanol–water partition coefficient (Wildman–Crippen LogP) is 2.66. The van der Waals surface area contributed by atoms with E-state index in [2.05, 4.69) is 0 Å². The average molecular weight is 212 g/mol. The summed E-state index contributed by atoms with van der Waals surface area (Å²) >= 11 is 10.9. The highest BCUT2D eigenvalue weighted by Gasteiger charge is 2.46. The Hall–Kier alpha value is -0.600. The summed E-state index contributed by atoms with van der Waals surface area (Å²) in [6.45, 7) is 0. The molecule has 1 saturated carbocycles. The van der Waals surface area contributed by atoms with Crippen LogP contribution in [0.3, 0.4) is 0 Å². The lowest BCUT2D eigenvalue weighted by Crippen LogP contribution is -2.26. The lowest BCUT2D eigenvalue weighted by Gasteiger charge is -2.13. The van der Waals surface area contributed by atoms with Crippen molar-refractivity contribution in [3.8, 4) is 0 Å². The number of benzene rings is 1. The molecule has 0 radical (unpaired) electrons. The molecule has 13 heavy (non-hydrogen) atoms. The van der Waals surface area contributed by atoms with E-state index in [9.17, 15) is 0 Å². The maximum Gasteiger partial charge on any atom is 0.0834 e. The van der Waals surface area contributed by atoms with Gasteiger partial charge >= 0.3 is 0 Å². The largest absolute Gasteiger partial charge is 0.393 e. The molecule has 68 valence electrons. The molecule has 0 aliphatic heterocycles. The van der Waals surface area contributed by atoms with Crippen LogP contribution in [0.25, 0.3) is 0 Å². The molecule has 1 aliphatic carbocycles. The summed E-state index contributed by atoms with van der Waals surface area (Å²) in [5.41, 5.74) is 6.89. The van der Waals surface area contributed by atoms with Crippen molar-refractivity contribution in [1.29, 1.82) is 0 Å². The number of thiocarbonyl (C=S) groups is 1. The number of halogens is 1. The van der Waals surface area contributed by atoms with Crippen LogP contribution in [0, 0.1) is 0 Å². The molecule has 0 amide bonds. The summed E-state index contributed by atoms with van der Waals surface area (Å²) in [5, 5.41) is 0.752. The summed E-state index contributed by atoms with van der Waals surface area (Å²) < 4.78 is 0. The van der Waals surface area contributed by atoms with Gasteiger partial charge in [0.1, 0.15) is 0 Å². The normalized spacial score (nSPS) is 18.2. The molecule has 1 aromatic rings. The Morgan fingerprint density at radius 1 is 1.31 bits per heavy atom. The monoisotopic (exact) mass is 211 g/mol. The van der Waals surface area contributed by atoms with Crippen molar-refractivity contribution >= 4 is 28.8 Å². The van der Waals surface area contributed by atoms with E-state index in [1.54, 1.807) is 0 Å². The fraction of sp³-hybridized carbons (Fsp3) is 0.300. The van der Waals surface area contributed by atoms with E-state index in [1.807, 2.05) is 24.3 Å². The van der Waals surface area contributed by atoms with Crippen LogP contribution in [0.1, 0.15) is 18.4 Å². The van der Waals surface area contributed by atoms with E-state index in [-0.39, 0.29) is 5.41 Å². The molecule has 1 fully saturated rings. The quantitative estimate of drug-likeness (QED) is 0.762. The minimum absolute atomic E-state index is 0.0140. The predicted molar refractivity (Wildman–Crippen MR) is 59.1 cm³/mol. The fourth-order valence-corrected chi connectivity index (χ4v) is 2.02. The molecule has 0 unspecified atom stereocenters. The zero-order chi connectivity index (χ0) is 9.47. The molecule has 0 bridgehead atoms. The highest BCUT2D eigenvalue weighted by atomic mass is 35.5. The van der Waals surface area contributed by atoms with Crippen molar-refractivity contribution in [2.24, 2.45) is 5.73 Å². The van der Waals surface area contributed by atoms with Crippen LogP contribution in [0.5, 0.6) is 0 Å². The van der Waals surface area contributed by atoms with Gasteiger partial charge in [-0.1, -0.05) is 36.0 Å². The van der Waals surface area contributed by atoms with Gasteiger partial charge in [-0.25, -0.2) is 0 Å². The molecule has 3 heteroatoms. The van der Waals surface area contributed by atoms with Crippen molar-refractivity contribution in [3.63, 3.8) is 0 Å². The lowest BCUT2D eigenvalue weighted by molar-refractivity contribution is 0.955. The molecule has 2 rings (SSSR count). The molecule has 0 atom stereocenters. The van der Waals surface area contributed by atoms with E-state index in [1.165, 1.54) is 5.56 Å². The van der Waals surface area contributed by atoms with E-state index in [0.29, 0.717) is 4.99 Å². The van der Waals surface area contributed by atoms with Gasteiger partial charge in [-0.15, -0.1) is 0 Å². The van der Waals surface area contributed by atoms with Gasteiger partial charge < -0.3 is 5.73 Å². The average Bonchev–Trinajstić information content (AvgIpc) is 2.86. The standard InChI is InChI=1S/C10H10ClNS/c11-8-3-1-7(2-4-8)10(5-6-10)9(12)13/h1-4H,5-6H2,(H2,12,13). The van der Waals surface area contributed by atoms with Gasteiger partial charge in [0.15, 0.2) is 0 Å². The third kappa shape index (κ3) is 1.45. The summed E-state index contributed by atoms with van der Waals surface area (Å²) in [6.07, 6.45) is 2.15. The van der Waals surface area contributed by atoms with Gasteiger partial charge in [-0.05, 0) is 30.5 Å². The van der Waals surface area contributed by atoms with Gasteiger partial charge in [0, 0.05) is 10.4 Å². The Morgan fingerprint density at radius 3 is 2.23 bits per heavy atom. The minimum atomic E-state index is -0.0140. The van der Waals surface area contributed by atoms with Crippen LogP contribution in [0.4, 0.5) is 0 Å². The van der Waals surface area contributed by atoms with Crippen LogP contribution in [0.2, 0.25) is 5.02 Å². The molecule has 0 saturated heterocycles. The maximum absolute atomic E-state index is 5.80. The second kappa shape index (κ2) is 2.96. The smallest absolute Gasteiger partial charge is 0.0834 e. The van der Waals surface area contributed by atoms with Gasteiger partial charge in [-0.2, -0.15) is 0 Å². The first-order chi connectivity index (χ1) is 6.15. The molecule has 2 N–H and O–H groups in total. The Labute approximate surface area is 87.9 Å². The first-order valence-corrected chi connectivity index (χ1v) is 5.00.